The third-order valence-electron chi connectivity index (χ3n) is 5.66. The van der Waals surface area contributed by atoms with Crippen LogP contribution in [0.15, 0.2) is 65.9 Å². The summed E-state index contributed by atoms with van der Waals surface area (Å²) < 4.78 is 0. The molecule has 0 unspecified atom stereocenters. The molecule has 0 atom stereocenters. The van der Waals surface area contributed by atoms with Gasteiger partial charge in [0.05, 0.1) is 5.69 Å². The Morgan fingerprint density at radius 1 is 1.27 bits per heavy atom. The molecule has 0 saturated carbocycles. The first-order valence-electron chi connectivity index (χ1n) is 10.8. The summed E-state index contributed by atoms with van der Waals surface area (Å²) in [6.45, 7) is 1.73. The van der Waals surface area contributed by atoms with Gasteiger partial charge in [-0.3, -0.25) is 9.89 Å². The highest BCUT2D eigenvalue weighted by Gasteiger charge is 2.20. The SMILES string of the molecule is CNC(=O)N(C)c1ccc2c(c1)CN(c1ncc(Cc3ccc(N=CC=CN)cc3)s1)CC2. The van der Waals surface area contributed by atoms with Gasteiger partial charge >= 0.3 is 6.03 Å². The Balaban J connectivity index is 1.43. The molecule has 2 heterocycles. The van der Waals surface area contributed by atoms with Gasteiger partial charge in [-0.05, 0) is 59.7 Å². The molecule has 2 amide bonds. The molecule has 4 rings (SSSR count). The number of nitrogens with two attached hydrogens (primary N) is 1. The van der Waals surface area contributed by atoms with E-state index in [9.17, 15) is 4.79 Å². The van der Waals surface area contributed by atoms with Crippen LogP contribution in [0.25, 0.3) is 0 Å². The lowest BCUT2D eigenvalue weighted by Gasteiger charge is -2.29. The van der Waals surface area contributed by atoms with Crippen molar-refractivity contribution in [2.45, 2.75) is 19.4 Å². The van der Waals surface area contributed by atoms with Crippen LogP contribution in [0.4, 0.5) is 21.3 Å². The first kappa shape index (κ1) is 22.5. The highest BCUT2D eigenvalue weighted by atomic mass is 32.1. The topological polar surface area (TPSA) is 86.9 Å². The number of aliphatic imine (C=N–C) groups is 1. The second kappa shape index (κ2) is 10.3. The Morgan fingerprint density at radius 3 is 2.85 bits per heavy atom. The zero-order valence-corrected chi connectivity index (χ0v) is 19.7. The highest BCUT2D eigenvalue weighted by Crippen LogP contribution is 2.31. The standard InChI is InChI=1S/C25H28N6OS/c1-27-24(32)30(2)22-9-6-19-10-13-31(17-20(19)15-22)25-29-16-23(33-25)14-18-4-7-21(8-5-18)28-12-3-11-26/h3-9,11-12,15-16H,10,13-14,17,26H2,1-2H3,(H,27,32). The molecule has 33 heavy (non-hydrogen) atoms. The van der Waals surface area contributed by atoms with Crippen LogP contribution >= 0.6 is 11.3 Å². The minimum atomic E-state index is -0.126. The van der Waals surface area contributed by atoms with E-state index in [0.717, 1.165) is 42.4 Å². The second-order valence-corrected chi connectivity index (χ2v) is 8.95. The maximum Gasteiger partial charge on any atom is 0.321 e. The van der Waals surface area contributed by atoms with Gasteiger partial charge in [-0.2, -0.15) is 0 Å². The third kappa shape index (κ3) is 5.40. The van der Waals surface area contributed by atoms with E-state index in [4.69, 9.17) is 10.7 Å². The Bertz CT molecular complexity index is 1170. The number of hydrogen-bond donors (Lipinski definition) is 2. The molecular weight excluding hydrogens is 432 g/mol. The lowest BCUT2D eigenvalue weighted by atomic mass is 9.99. The average Bonchev–Trinajstić information content (AvgIpc) is 3.32. The van der Waals surface area contributed by atoms with E-state index in [1.165, 1.54) is 27.8 Å². The van der Waals surface area contributed by atoms with Gasteiger partial charge in [-0.25, -0.2) is 9.78 Å². The number of nitrogens with one attached hydrogen (secondary N) is 1. The zero-order chi connectivity index (χ0) is 23.2. The number of carbonyl (C=O) groups excluding carboxylic acids is 1. The minimum Gasteiger partial charge on any atom is -0.405 e. The molecular formula is C25H28N6OS. The van der Waals surface area contributed by atoms with E-state index >= 15 is 0 Å². The van der Waals surface area contributed by atoms with Gasteiger partial charge in [0.25, 0.3) is 0 Å². The van der Waals surface area contributed by atoms with Crippen molar-refractivity contribution < 1.29 is 4.79 Å². The summed E-state index contributed by atoms with van der Waals surface area (Å²) in [5.74, 6) is 0. The largest absolute Gasteiger partial charge is 0.405 e. The summed E-state index contributed by atoms with van der Waals surface area (Å²) in [6.07, 6.45) is 8.63. The number of anilines is 2. The van der Waals surface area contributed by atoms with Crippen molar-refractivity contribution in [3.8, 4) is 0 Å². The molecule has 0 saturated heterocycles. The molecule has 8 heteroatoms. The molecule has 0 spiro atoms. The number of nitrogens with zero attached hydrogens (tertiary/aromatic N) is 4. The Morgan fingerprint density at radius 2 is 2.09 bits per heavy atom. The molecule has 0 aliphatic carbocycles. The van der Waals surface area contributed by atoms with E-state index in [1.54, 1.807) is 42.6 Å². The molecule has 7 nitrogen and oxygen atoms in total. The van der Waals surface area contributed by atoms with Gasteiger partial charge in [0.1, 0.15) is 0 Å². The van der Waals surface area contributed by atoms with Gasteiger partial charge in [0.15, 0.2) is 5.13 Å². The van der Waals surface area contributed by atoms with Gasteiger partial charge in [-0.1, -0.05) is 18.2 Å². The number of hydrogen-bond acceptors (Lipinski definition) is 6. The van der Waals surface area contributed by atoms with Crippen molar-refractivity contribution in [3.63, 3.8) is 0 Å². The van der Waals surface area contributed by atoms with E-state index in [-0.39, 0.29) is 6.03 Å². The number of carbonyl (C=O) groups is 1. The summed E-state index contributed by atoms with van der Waals surface area (Å²) in [6, 6.07) is 14.3. The van der Waals surface area contributed by atoms with Crippen LogP contribution in [0, 0.1) is 0 Å². The minimum absolute atomic E-state index is 0.126. The third-order valence-corrected chi connectivity index (χ3v) is 6.71. The van der Waals surface area contributed by atoms with Crippen LogP contribution in [-0.4, -0.2) is 37.9 Å². The number of allylic oxidation sites excluding steroid dienone is 1. The second-order valence-electron chi connectivity index (χ2n) is 7.85. The van der Waals surface area contributed by atoms with Crippen molar-refractivity contribution in [1.29, 1.82) is 0 Å². The van der Waals surface area contributed by atoms with E-state index in [1.807, 2.05) is 24.4 Å². The van der Waals surface area contributed by atoms with Gasteiger partial charge in [0.2, 0.25) is 0 Å². The van der Waals surface area contributed by atoms with Crippen LogP contribution in [0.3, 0.4) is 0 Å². The van der Waals surface area contributed by atoms with Crippen molar-refractivity contribution in [2.75, 3.05) is 30.4 Å². The zero-order valence-electron chi connectivity index (χ0n) is 18.9. The normalized spacial score (nSPS) is 13.5. The molecule has 0 bridgehead atoms. The van der Waals surface area contributed by atoms with Gasteiger partial charge in [0, 0.05) is 56.6 Å². The Kier molecular flexibility index (Phi) is 7.04. The number of thiazole rings is 1. The maximum absolute atomic E-state index is 12.0. The summed E-state index contributed by atoms with van der Waals surface area (Å²) >= 11 is 1.74. The highest BCUT2D eigenvalue weighted by molar-refractivity contribution is 7.15. The number of urea groups is 1. The monoisotopic (exact) mass is 460 g/mol. The molecule has 1 aliphatic heterocycles. The average molecular weight is 461 g/mol. The van der Waals surface area contributed by atoms with Crippen molar-refractivity contribution in [1.82, 2.24) is 10.3 Å². The Labute approximate surface area is 198 Å². The fraction of sp³-hybridized carbons (Fsp3) is 0.240. The van der Waals surface area contributed by atoms with Crippen LogP contribution in [0.5, 0.6) is 0 Å². The molecule has 3 N–H and O–H groups in total. The van der Waals surface area contributed by atoms with E-state index < -0.39 is 0 Å². The van der Waals surface area contributed by atoms with E-state index in [0.29, 0.717) is 0 Å². The smallest absolute Gasteiger partial charge is 0.321 e. The summed E-state index contributed by atoms with van der Waals surface area (Å²) in [5, 5.41) is 3.71. The van der Waals surface area contributed by atoms with Gasteiger partial charge < -0.3 is 16.0 Å². The van der Waals surface area contributed by atoms with Crippen LogP contribution < -0.4 is 20.9 Å². The number of aromatic nitrogens is 1. The molecule has 1 aromatic heterocycles. The summed E-state index contributed by atoms with van der Waals surface area (Å²) in [5.41, 5.74) is 10.9. The Hall–Kier alpha value is -3.65. The van der Waals surface area contributed by atoms with Gasteiger partial charge in [-0.15, -0.1) is 11.3 Å². The van der Waals surface area contributed by atoms with Crippen LogP contribution in [-0.2, 0) is 19.4 Å². The first-order valence-corrected chi connectivity index (χ1v) is 11.7. The predicted octanol–water partition coefficient (Wildman–Crippen LogP) is 4.25. The van der Waals surface area contributed by atoms with Crippen LogP contribution in [0.1, 0.15) is 21.6 Å². The number of amides is 2. The van der Waals surface area contributed by atoms with Crippen LogP contribution in [0.2, 0.25) is 0 Å². The number of benzene rings is 2. The molecule has 0 fully saturated rings. The quantitative estimate of drug-likeness (QED) is 0.539. The molecule has 1 aliphatic rings. The lowest BCUT2D eigenvalue weighted by molar-refractivity contribution is 0.249. The molecule has 170 valence electrons. The predicted molar refractivity (Wildman–Crippen MR) is 137 cm³/mol. The van der Waals surface area contributed by atoms with Crippen molar-refractivity contribution in [3.05, 3.63) is 82.5 Å². The molecule has 3 aromatic rings. The molecule has 2 aromatic carbocycles. The lowest BCUT2D eigenvalue weighted by Crippen LogP contribution is -2.35. The first-order chi connectivity index (χ1) is 16.1. The van der Waals surface area contributed by atoms with Crippen molar-refractivity contribution in [2.24, 2.45) is 10.7 Å². The maximum atomic E-state index is 12.0. The fourth-order valence-corrected chi connectivity index (χ4v) is 4.77. The van der Waals surface area contributed by atoms with E-state index in [2.05, 4.69) is 39.5 Å². The fourth-order valence-electron chi connectivity index (χ4n) is 3.81. The summed E-state index contributed by atoms with van der Waals surface area (Å²) in [4.78, 5) is 26.2. The number of rotatable bonds is 6. The van der Waals surface area contributed by atoms with Crippen molar-refractivity contribution >= 4 is 40.1 Å². The summed E-state index contributed by atoms with van der Waals surface area (Å²) in [7, 11) is 3.42. The molecule has 0 radical (unpaired) electrons. The number of fused-ring (bicyclic) bond motifs is 1.